The average molecular weight is 343 g/mol. The maximum atomic E-state index is 12.1. The third-order valence-electron chi connectivity index (χ3n) is 3.51. The van der Waals surface area contributed by atoms with E-state index in [1.807, 2.05) is 18.2 Å². The summed E-state index contributed by atoms with van der Waals surface area (Å²) in [4.78, 5) is 23.8. The van der Waals surface area contributed by atoms with Crippen LogP contribution in [0.3, 0.4) is 0 Å². The molecule has 3 aromatic rings. The highest BCUT2D eigenvalue weighted by molar-refractivity contribution is 6.31. The maximum absolute atomic E-state index is 12.1. The fraction of sp³-hybridized carbons (Fsp3) is 0.111. The van der Waals surface area contributed by atoms with Crippen LogP contribution in [0.5, 0.6) is 0 Å². The summed E-state index contributed by atoms with van der Waals surface area (Å²) in [6.45, 7) is 0.587. The zero-order valence-corrected chi connectivity index (χ0v) is 13.5. The van der Waals surface area contributed by atoms with Crippen LogP contribution in [0.1, 0.15) is 21.9 Å². The number of pyridine rings is 1. The Morgan fingerprint density at radius 3 is 2.67 bits per heavy atom. The zero-order valence-electron chi connectivity index (χ0n) is 12.7. The van der Waals surface area contributed by atoms with Crippen molar-refractivity contribution in [1.29, 1.82) is 0 Å². The monoisotopic (exact) mass is 342 g/mol. The molecule has 3 rings (SSSR count). The Balaban J connectivity index is 1.65. The van der Waals surface area contributed by atoms with Gasteiger partial charge in [0.1, 0.15) is 5.76 Å². The number of rotatable bonds is 5. The summed E-state index contributed by atoms with van der Waals surface area (Å²) in [7, 11) is 0. The van der Waals surface area contributed by atoms with Crippen LogP contribution >= 0.6 is 11.6 Å². The minimum Gasteiger partial charge on any atom is -0.454 e. The molecule has 1 amide bonds. The van der Waals surface area contributed by atoms with Crippen molar-refractivity contribution in [3.8, 4) is 0 Å². The molecule has 1 N–H and O–H groups in total. The average Bonchev–Trinajstić information content (AvgIpc) is 3.05. The smallest absolute Gasteiger partial charge is 0.287 e. The second-order valence-electron chi connectivity index (χ2n) is 5.21. The van der Waals surface area contributed by atoms with Gasteiger partial charge >= 0.3 is 0 Å². The molecular weight excluding hydrogens is 328 g/mol. The van der Waals surface area contributed by atoms with Crippen LogP contribution in [0.4, 0.5) is 0 Å². The third-order valence-corrected chi connectivity index (χ3v) is 3.88. The molecule has 0 aliphatic rings. The van der Waals surface area contributed by atoms with Crippen LogP contribution in [0, 0.1) is 0 Å². The molecule has 0 aliphatic heterocycles. The lowest BCUT2D eigenvalue weighted by Gasteiger charge is -2.05. The highest BCUT2D eigenvalue weighted by Crippen LogP contribution is 2.15. The fourth-order valence-corrected chi connectivity index (χ4v) is 2.45. The van der Waals surface area contributed by atoms with Crippen molar-refractivity contribution >= 4 is 17.5 Å². The van der Waals surface area contributed by atoms with Crippen LogP contribution in [-0.2, 0) is 13.1 Å². The number of benzene rings is 1. The summed E-state index contributed by atoms with van der Waals surface area (Å²) in [5, 5.41) is 3.36. The van der Waals surface area contributed by atoms with Crippen LogP contribution in [0.2, 0.25) is 5.02 Å². The molecular formula is C18H15ClN2O3. The summed E-state index contributed by atoms with van der Waals surface area (Å²) in [5.41, 5.74) is 0.703. The van der Waals surface area contributed by atoms with Crippen LogP contribution in [0.25, 0.3) is 0 Å². The molecule has 6 heteroatoms. The Bertz CT molecular complexity index is 914. The maximum Gasteiger partial charge on any atom is 0.287 e. The molecule has 0 saturated carbocycles. The van der Waals surface area contributed by atoms with Crippen LogP contribution in [0.15, 0.2) is 70.0 Å². The van der Waals surface area contributed by atoms with E-state index >= 15 is 0 Å². The second kappa shape index (κ2) is 7.19. The first-order valence-electron chi connectivity index (χ1n) is 7.39. The largest absolute Gasteiger partial charge is 0.454 e. The Morgan fingerprint density at radius 1 is 1.08 bits per heavy atom. The molecule has 24 heavy (non-hydrogen) atoms. The van der Waals surface area contributed by atoms with E-state index in [0.29, 0.717) is 17.3 Å². The molecule has 0 bridgehead atoms. The highest BCUT2D eigenvalue weighted by Gasteiger charge is 2.12. The minimum absolute atomic E-state index is 0.126. The molecule has 2 aromatic heterocycles. The minimum atomic E-state index is -0.332. The number of aromatic nitrogens is 1. The lowest BCUT2D eigenvalue weighted by molar-refractivity contribution is 0.0921. The summed E-state index contributed by atoms with van der Waals surface area (Å²) in [6, 6.07) is 15.5. The van der Waals surface area contributed by atoms with Crippen molar-refractivity contribution in [3.63, 3.8) is 0 Å². The van der Waals surface area contributed by atoms with E-state index in [4.69, 9.17) is 16.0 Å². The number of hydrogen-bond acceptors (Lipinski definition) is 3. The summed E-state index contributed by atoms with van der Waals surface area (Å²) >= 11 is 6.06. The molecule has 5 nitrogen and oxygen atoms in total. The summed E-state index contributed by atoms with van der Waals surface area (Å²) < 4.78 is 7.02. The quantitative estimate of drug-likeness (QED) is 0.775. The van der Waals surface area contributed by atoms with Gasteiger partial charge in [0.05, 0.1) is 6.54 Å². The predicted molar refractivity (Wildman–Crippen MR) is 91.1 cm³/mol. The predicted octanol–water partition coefficient (Wildman–Crippen LogP) is 3.07. The van der Waals surface area contributed by atoms with Crippen LogP contribution in [-0.4, -0.2) is 10.5 Å². The van der Waals surface area contributed by atoms with Gasteiger partial charge in [-0.1, -0.05) is 35.9 Å². The third kappa shape index (κ3) is 3.75. The lowest BCUT2D eigenvalue weighted by atomic mass is 10.2. The molecule has 0 fully saturated rings. The number of nitrogens with one attached hydrogen (secondary N) is 1. The van der Waals surface area contributed by atoms with Crippen molar-refractivity contribution in [2.45, 2.75) is 13.1 Å². The highest BCUT2D eigenvalue weighted by atomic mass is 35.5. The first-order chi connectivity index (χ1) is 11.6. The Labute approximate surface area is 143 Å². The molecule has 2 heterocycles. The molecule has 1 aromatic carbocycles. The number of halogens is 1. The lowest BCUT2D eigenvalue weighted by Crippen LogP contribution is -2.22. The molecule has 0 saturated heterocycles. The van der Waals surface area contributed by atoms with Gasteiger partial charge in [-0.2, -0.15) is 0 Å². The molecule has 0 unspecified atom stereocenters. The van der Waals surface area contributed by atoms with E-state index in [1.165, 1.54) is 10.6 Å². The molecule has 0 radical (unpaired) electrons. The molecule has 0 aliphatic carbocycles. The molecule has 0 spiro atoms. The second-order valence-corrected chi connectivity index (χ2v) is 5.61. The van der Waals surface area contributed by atoms with E-state index < -0.39 is 0 Å². The first-order valence-corrected chi connectivity index (χ1v) is 7.77. The van der Waals surface area contributed by atoms with E-state index in [9.17, 15) is 9.59 Å². The molecule has 0 atom stereocenters. The number of hydrogen-bond donors (Lipinski definition) is 1. The van der Waals surface area contributed by atoms with Gasteiger partial charge in [-0.05, 0) is 29.8 Å². The van der Waals surface area contributed by atoms with Gasteiger partial charge in [0.25, 0.3) is 11.5 Å². The van der Waals surface area contributed by atoms with Crippen molar-refractivity contribution in [1.82, 2.24) is 9.88 Å². The topological polar surface area (TPSA) is 64.2 Å². The molecule has 122 valence electrons. The number of amides is 1. The summed E-state index contributed by atoms with van der Waals surface area (Å²) in [5.74, 6) is 0.397. The van der Waals surface area contributed by atoms with E-state index in [2.05, 4.69) is 5.32 Å². The Morgan fingerprint density at radius 2 is 1.88 bits per heavy atom. The van der Waals surface area contributed by atoms with Crippen molar-refractivity contribution in [2.75, 3.05) is 0 Å². The standard InChI is InChI=1S/C18H15ClN2O3/c19-15-6-2-1-5-13(15)11-20-18(23)16-9-8-14(24-16)12-21-10-4-3-7-17(21)22/h1-10H,11-12H2,(H,20,23). The van der Waals surface area contributed by atoms with Crippen molar-refractivity contribution in [2.24, 2.45) is 0 Å². The first kappa shape index (κ1) is 16.1. The number of carbonyl (C=O) groups is 1. The summed E-state index contributed by atoms with van der Waals surface area (Å²) in [6.07, 6.45) is 1.67. The van der Waals surface area contributed by atoms with Gasteiger partial charge in [0.15, 0.2) is 5.76 Å². The van der Waals surface area contributed by atoms with Crippen LogP contribution < -0.4 is 10.9 Å². The van der Waals surface area contributed by atoms with Gasteiger partial charge in [-0.25, -0.2) is 0 Å². The number of furan rings is 1. The van der Waals surface area contributed by atoms with Gasteiger partial charge in [-0.3, -0.25) is 9.59 Å². The van der Waals surface area contributed by atoms with Gasteiger partial charge in [0, 0.05) is 23.8 Å². The number of carbonyl (C=O) groups excluding carboxylic acids is 1. The van der Waals surface area contributed by atoms with Crippen molar-refractivity contribution < 1.29 is 9.21 Å². The SMILES string of the molecule is O=C(NCc1ccccc1Cl)c1ccc(Cn2ccccc2=O)o1. The van der Waals surface area contributed by atoms with E-state index in [1.54, 1.807) is 36.5 Å². The van der Waals surface area contributed by atoms with Gasteiger partial charge in [-0.15, -0.1) is 0 Å². The van der Waals surface area contributed by atoms with E-state index in [0.717, 1.165) is 5.56 Å². The van der Waals surface area contributed by atoms with E-state index in [-0.39, 0.29) is 23.8 Å². The Hall–Kier alpha value is -2.79. The van der Waals surface area contributed by atoms with Gasteiger partial charge in [0.2, 0.25) is 0 Å². The Kier molecular flexibility index (Phi) is 4.82. The normalized spacial score (nSPS) is 10.5. The fourth-order valence-electron chi connectivity index (χ4n) is 2.25. The zero-order chi connectivity index (χ0) is 16.9. The number of nitrogens with zero attached hydrogens (tertiary/aromatic N) is 1. The van der Waals surface area contributed by atoms with Crippen molar-refractivity contribution in [3.05, 3.63) is 93.3 Å². The van der Waals surface area contributed by atoms with Gasteiger partial charge < -0.3 is 14.3 Å².